The Morgan fingerprint density at radius 1 is 1.48 bits per heavy atom. The van der Waals surface area contributed by atoms with Crippen molar-refractivity contribution in [1.29, 1.82) is 5.26 Å². The molecule has 0 aromatic heterocycles. The number of amides is 1. The average molecular weight is 448 g/mol. The van der Waals surface area contributed by atoms with E-state index in [1.165, 1.54) is 0 Å². The van der Waals surface area contributed by atoms with Crippen molar-refractivity contribution in [3.05, 3.63) is 41.2 Å². The summed E-state index contributed by atoms with van der Waals surface area (Å²) < 4.78 is 19.4. The fraction of sp³-hybridized carbons (Fsp3) is 0.294. The first kappa shape index (κ1) is 23.7. The topological polar surface area (TPSA) is 178 Å². The minimum atomic E-state index is -4.82. The Morgan fingerprint density at radius 2 is 2.16 bits per heavy atom. The van der Waals surface area contributed by atoms with Crippen LogP contribution in [0.2, 0.25) is 0 Å². The molecule has 0 spiro atoms. The van der Waals surface area contributed by atoms with E-state index in [2.05, 4.69) is 25.0 Å². The van der Waals surface area contributed by atoms with Crippen molar-refractivity contribution in [2.75, 3.05) is 18.8 Å². The third kappa shape index (κ3) is 7.29. The van der Waals surface area contributed by atoms with Gasteiger partial charge in [-0.3, -0.25) is 9.32 Å². The van der Waals surface area contributed by atoms with E-state index in [-0.39, 0.29) is 18.2 Å². The molecule has 1 aromatic rings. The highest BCUT2D eigenvalue weighted by Gasteiger charge is 2.28. The van der Waals surface area contributed by atoms with Crippen LogP contribution in [-0.2, 0) is 23.4 Å². The lowest BCUT2D eigenvalue weighted by molar-refractivity contribution is -0.156. The standard InChI is InChI=1S/C17H17N6O7P/c1-11-7-15(24)23(10-29-16(25)9-30-31(26,27)28)22-17(11)12-3-5-13(6-4-12)20-21-14(8-18)19-2/h3-6,11,20H,7,9-10H2,1H3,(H2,26,27,28)/b21-14+/t11-/m1/s1. The molecule has 1 amide bonds. The van der Waals surface area contributed by atoms with Crippen LogP contribution in [0.3, 0.4) is 0 Å². The Labute approximate surface area is 176 Å². The van der Waals surface area contributed by atoms with Crippen LogP contribution in [0.5, 0.6) is 0 Å². The van der Waals surface area contributed by atoms with Gasteiger partial charge in [0.15, 0.2) is 13.3 Å². The van der Waals surface area contributed by atoms with E-state index in [0.717, 1.165) is 5.01 Å². The number of ether oxygens (including phenoxy) is 1. The summed E-state index contributed by atoms with van der Waals surface area (Å²) in [5.41, 5.74) is 4.34. The molecule has 3 N–H and O–H groups in total. The summed E-state index contributed by atoms with van der Waals surface area (Å²) >= 11 is 0. The number of phosphoric acid groups is 1. The predicted octanol–water partition coefficient (Wildman–Crippen LogP) is 1.04. The molecular weight excluding hydrogens is 431 g/mol. The molecule has 1 aliphatic rings. The van der Waals surface area contributed by atoms with Gasteiger partial charge in [-0.1, -0.05) is 25.6 Å². The number of benzene rings is 1. The van der Waals surface area contributed by atoms with Gasteiger partial charge in [-0.05, 0) is 22.8 Å². The molecule has 0 bridgehead atoms. The Morgan fingerprint density at radius 3 is 2.74 bits per heavy atom. The molecule has 0 radical (unpaired) electrons. The number of esters is 1. The SMILES string of the molecule is [C-]#[N+]/C(C#N)=N/Nc1ccc(C2=NN(COC(=O)COP(=O)(O)O)C(=O)C[C@H]2C)cc1. The Bertz CT molecular complexity index is 1020. The fourth-order valence-electron chi connectivity index (χ4n) is 2.41. The quantitative estimate of drug-likeness (QED) is 0.131. The number of anilines is 1. The van der Waals surface area contributed by atoms with E-state index in [0.29, 0.717) is 17.0 Å². The number of amidine groups is 1. The average Bonchev–Trinajstić information content (AvgIpc) is 2.72. The van der Waals surface area contributed by atoms with Gasteiger partial charge in [-0.2, -0.15) is 10.1 Å². The number of rotatable bonds is 8. The van der Waals surface area contributed by atoms with Crippen LogP contribution in [0.15, 0.2) is 34.5 Å². The monoisotopic (exact) mass is 448 g/mol. The van der Waals surface area contributed by atoms with Gasteiger partial charge < -0.3 is 19.4 Å². The number of hydrogen-bond acceptors (Lipinski definition) is 9. The number of nitriles is 1. The van der Waals surface area contributed by atoms with Crippen molar-refractivity contribution in [3.8, 4) is 6.07 Å². The van der Waals surface area contributed by atoms with Crippen LogP contribution in [0.1, 0.15) is 18.9 Å². The Hall–Kier alpha value is -3.61. The zero-order chi connectivity index (χ0) is 23.0. The van der Waals surface area contributed by atoms with Crippen LogP contribution >= 0.6 is 7.82 Å². The van der Waals surface area contributed by atoms with E-state index >= 15 is 0 Å². The van der Waals surface area contributed by atoms with Crippen molar-refractivity contribution in [2.24, 2.45) is 16.1 Å². The van der Waals surface area contributed by atoms with E-state index in [9.17, 15) is 14.2 Å². The van der Waals surface area contributed by atoms with Gasteiger partial charge in [0.1, 0.15) is 6.07 Å². The van der Waals surface area contributed by atoms with Crippen LogP contribution in [0, 0.1) is 23.8 Å². The molecule has 0 unspecified atom stereocenters. The fourth-order valence-corrected chi connectivity index (χ4v) is 2.68. The molecular formula is C17H17N6O7P. The maximum atomic E-state index is 12.2. The molecule has 162 valence electrons. The lowest BCUT2D eigenvalue weighted by Gasteiger charge is -2.27. The minimum absolute atomic E-state index is 0.107. The van der Waals surface area contributed by atoms with E-state index in [4.69, 9.17) is 26.4 Å². The summed E-state index contributed by atoms with van der Waals surface area (Å²) in [4.78, 5) is 43.8. The first-order valence-electron chi connectivity index (χ1n) is 8.59. The third-order valence-corrected chi connectivity index (χ3v) is 4.31. The number of hydrazone groups is 2. The van der Waals surface area contributed by atoms with E-state index in [1.54, 1.807) is 37.3 Å². The largest absolute Gasteiger partial charge is 0.470 e. The smallest absolute Gasteiger partial charge is 0.440 e. The third-order valence-electron chi connectivity index (χ3n) is 3.84. The molecule has 0 saturated heterocycles. The maximum absolute atomic E-state index is 12.2. The molecule has 1 atom stereocenters. The summed E-state index contributed by atoms with van der Waals surface area (Å²) in [6, 6.07) is 8.32. The molecule has 13 nitrogen and oxygen atoms in total. The maximum Gasteiger partial charge on any atom is 0.470 e. The second-order valence-electron chi connectivity index (χ2n) is 6.14. The van der Waals surface area contributed by atoms with Crippen LogP contribution in [-0.4, -0.2) is 51.6 Å². The lowest BCUT2D eigenvalue weighted by atomic mass is 9.94. The van der Waals surface area contributed by atoms with E-state index < -0.39 is 33.0 Å². The highest BCUT2D eigenvalue weighted by molar-refractivity contribution is 7.46. The van der Waals surface area contributed by atoms with Gasteiger partial charge in [0.2, 0.25) is 5.91 Å². The minimum Gasteiger partial charge on any atom is -0.440 e. The number of phosphoric ester groups is 1. The predicted molar refractivity (Wildman–Crippen MR) is 106 cm³/mol. The molecule has 0 aliphatic carbocycles. The zero-order valence-electron chi connectivity index (χ0n) is 16.1. The van der Waals surface area contributed by atoms with Crippen molar-refractivity contribution in [3.63, 3.8) is 0 Å². The molecule has 0 saturated carbocycles. The van der Waals surface area contributed by atoms with Crippen molar-refractivity contribution >= 4 is 36.9 Å². The summed E-state index contributed by atoms with van der Waals surface area (Å²) in [5, 5.41) is 17.5. The Balaban J connectivity index is 2.07. The summed E-state index contributed by atoms with van der Waals surface area (Å²) in [6.45, 7) is 7.06. The molecule has 1 heterocycles. The van der Waals surface area contributed by atoms with Crippen molar-refractivity contribution in [1.82, 2.24) is 5.01 Å². The van der Waals surface area contributed by atoms with Crippen LogP contribution in [0.25, 0.3) is 4.85 Å². The van der Waals surface area contributed by atoms with Crippen molar-refractivity contribution in [2.45, 2.75) is 13.3 Å². The van der Waals surface area contributed by atoms with Gasteiger partial charge >= 0.3 is 19.6 Å². The molecule has 0 fully saturated rings. The number of carbonyl (C=O) groups excluding carboxylic acids is 2. The molecule has 14 heteroatoms. The second kappa shape index (κ2) is 10.4. The summed E-state index contributed by atoms with van der Waals surface area (Å²) in [5.74, 6) is -2.03. The number of carbonyl (C=O) groups is 2. The first-order valence-corrected chi connectivity index (χ1v) is 10.1. The van der Waals surface area contributed by atoms with Gasteiger partial charge in [-0.25, -0.2) is 20.0 Å². The lowest BCUT2D eigenvalue weighted by Crippen LogP contribution is -2.38. The van der Waals surface area contributed by atoms with Crippen molar-refractivity contribution < 1.29 is 33.2 Å². The first-order chi connectivity index (χ1) is 14.6. The van der Waals surface area contributed by atoms with Gasteiger partial charge in [0, 0.05) is 12.3 Å². The highest BCUT2D eigenvalue weighted by Crippen LogP contribution is 2.35. The molecule has 1 aliphatic heterocycles. The van der Waals surface area contributed by atoms with Crippen LogP contribution in [0.4, 0.5) is 5.69 Å². The normalized spacial score (nSPS) is 16.7. The summed E-state index contributed by atoms with van der Waals surface area (Å²) in [6.07, 6.45) is 0.107. The zero-order valence-corrected chi connectivity index (χ0v) is 17.0. The molecule has 1 aromatic carbocycles. The second-order valence-corrected chi connectivity index (χ2v) is 7.38. The molecule has 2 rings (SSSR count). The summed E-state index contributed by atoms with van der Waals surface area (Å²) in [7, 11) is -4.82. The van der Waals surface area contributed by atoms with Crippen LogP contribution < -0.4 is 5.43 Å². The van der Waals surface area contributed by atoms with Gasteiger partial charge in [0.25, 0.3) is 0 Å². The highest BCUT2D eigenvalue weighted by atomic mass is 31.2. The number of nitrogens with zero attached hydrogens (tertiary/aromatic N) is 5. The number of nitrogens with one attached hydrogen (secondary N) is 1. The van der Waals surface area contributed by atoms with Gasteiger partial charge in [-0.15, -0.1) is 0 Å². The van der Waals surface area contributed by atoms with Gasteiger partial charge in [0.05, 0.1) is 11.4 Å². The Kier molecular flexibility index (Phi) is 7.96. The van der Waals surface area contributed by atoms with E-state index in [1.807, 2.05) is 0 Å². The molecule has 31 heavy (non-hydrogen) atoms. The number of hydrogen-bond donors (Lipinski definition) is 3.